The fraction of sp³-hybridized carbons (Fsp3) is 0.333. The van der Waals surface area contributed by atoms with E-state index in [9.17, 15) is 19.2 Å². The third-order valence-corrected chi connectivity index (χ3v) is 8.91. The first-order valence-corrected chi connectivity index (χ1v) is 17.5. The van der Waals surface area contributed by atoms with Crippen molar-refractivity contribution in [2.45, 2.75) is 70.9 Å². The molecule has 0 aliphatic heterocycles. The highest BCUT2D eigenvalue weighted by molar-refractivity contribution is 14.1. The Hall–Kier alpha value is -4.11. The smallest absolute Gasteiger partial charge is 0.408 e. The van der Waals surface area contributed by atoms with Gasteiger partial charge in [0, 0.05) is 28.9 Å². The first-order valence-electron chi connectivity index (χ1n) is 15.6. The molecule has 0 aliphatic carbocycles. The number of H-pyrrole nitrogens is 1. The summed E-state index contributed by atoms with van der Waals surface area (Å²) < 4.78 is 18.1. The zero-order chi connectivity index (χ0) is 35.7. The van der Waals surface area contributed by atoms with Crippen molar-refractivity contribution in [1.82, 2.24) is 20.9 Å². The number of halogens is 2. The number of benzene rings is 3. The van der Waals surface area contributed by atoms with Crippen LogP contribution < -0.4 is 20.7 Å². The standard InChI is InChI=1S/C36H40BrIN4O7/c1-21(32(43)41-29(34(45)47-5)18-24-19-39-31-25(24)12-9-13-26(31)37)40-33(44)28(42-35(46)49-36(2,3)4)17-23-14-15-30(27(38)16-23)48-20-22-10-7-6-8-11-22/h6-16,19,21,28-29,39H,17-18,20H2,1-5H3,(H,40,44)(H,41,43)(H,42,46)/t21-,28-,29-/m0/s1. The third-order valence-electron chi connectivity index (χ3n) is 7.41. The molecule has 11 nitrogen and oxygen atoms in total. The molecule has 13 heteroatoms. The lowest BCUT2D eigenvalue weighted by molar-refractivity contribution is -0.145. The number of aromatic nitrogens is 1. The molecule has 3 aromatic carbocycles. The van der Waals surface area contributed by atoms with Gasteiger partial charge in [-0.05, 0) is 101 Å². The van der Waals surface area contributed by atoms with Crippen molar-refractivity contribution in [3.8, 4) is 5.75 Å². The number of carbonyl (C=O) groups excluding carboxylic acids is 4. The van der Waals surface area contributed by atoms with Crippen LogP contribution in [0, 0.1) is 3.57 Å². The van der Waals surface area contributed by atoms with E-state index in [4.69, 9.17) is 14.2 Å². The summed E-state index contributed by atoms with van der Waals surface area (Å²) in [6.45, 7) is 7.06. The molecule has 4 N–H and O–H groups in total. The monoisotopic (exact) mass is 846 g/mol. The van der Waals surface area contributed by atoms with Crippen LogP contribution in [0.4, 0.5) is 4.79 Å². The summed E-state index contributed by atoms with van der Waals surface area (Å²) in [7, 11) is 1.24. The quantitative estimate of drug-likeness (QED) is 0.0961. The van der Waals surface area contributed by atoms with Crippen LogP contribution in [0.15, 0.2) is 77.4 Å². The number of hydrogen-bond acceptors (Lipinski definition) is 7. The second kappa shape index (κ2) is 17.0. The lowest BCUT2D eigenvalue weighted by atomic mass is 10.0. The lowest BCUT2D eigenvalue weighted by Crippen LogP contribution is -2.56. The van der Waals surface area contributed by atoms with Gasteiger partial charge in [0.2, 0.25) is 11.8 Å². The first kappa shape index (κ1) is 37.7. The van der Waals surface area contributed by atoms with E-state index in [1.165, 1.54) is 14.0 Å². The van der Waals surface area contributed by atoms with Gasteiger partial charge in [-0.15, -0.1) is 0 Å². The number of fused-ring (bicyclic) bond motifs is 1. The van der Waals surface area contributed by atoms with Gasteiger partial charge in [-0.25, -0.2) is 9.59 Å². The Labute approximate surface area is 307 Å². The zero-order valence-corrected chi connectivity index (χ0v) is 31.6. The molecule has 0 radical (unpaired) electrons. The summed E-state index contributed by atoms with van der Waals surface area (Å²) in [6, 6.07) is 17.8. The predicted molar refractivity (Wildman–Crippen MR) is 198 cm³/mol. The van der Waals surface area contributed by atoms with Crippen LogP contribution in [0.1, 0.15) is 44.4 Å². The maximum Gasteiger partial charge on any atom is 0.408 e. The number of nitrogens with one attached hydrogen (secondary N) is 4. The normalized spacial score (nSPS) is 13.1. The van der Waals surface area contributed by atoms with Crippen LogP contribution in [0.5, 0.6) is 5.75 Å². The van der Waals surface area contributed by atoms with Gasteiger partial charge >= 0.3 is 12.1 Å². The number of carbonyl (C=O) groups is 4. The number of alkyl carbamates (subject to hydrolysis) is 1. The highest BCUT2D eigenvalue weighted by atomic mass is 127. The van der Waals surface area contributed by atoms with Crippen LogP contribution >= 0.6 is 38.5 Å². The Kier molecular flexibility index (Phi) is 13.1. The zero-order valence-electron chi connectivity index (χ0n) is 27.9. The molecule has 4 aromatic rings. The minimum absolute atomic E-state index is 0.106. The minimum atomic E-state index is -1.09. The van der Waals surface area contributed by atoms with Gasteiger partial charge in [0.25, 0.3) is 0 Å². The molecular formula is C36H40BrIN4O7. The molecule has 3 atom stereocenters. The van der Waals surface area contributed by atoms with Crippen molar-refractivity contribution in [3.05, 3.63) is 97.7 Å². The van der Waals surface area contributed by atoms with Crippen molar-refractivity contribution in [3.63, 3.8) is 0 Å². The fourth-order valence-electron chi connectivity index (χ4n) is 4.99. The van der Waals surface area contributed by atoms with Crippen molar-refractivity contribution >= 4 is 73.3 Å². The van der Waals surface area contributed by atoms with Crippen molar-refractivity contribution in [2.24, 2.45) is 0 Å². The van der Waals surface area contributed by atoms with Crippen LogP contribution in [0.2, 0.25) is 0 Å². The second-order valence-electron chi connectivity index (χ2n) is 12.4. The minimum Gasteiger partial charge on any atom is -0.488 e. The summed E-state index contributed by atoms with van der Waals surface area (Å²) in [5, 5.41) is 8.92. The topological polar surface area (TPSA) is 148 Å². The highest BCUT2D eigenvalue weighted by Gasteiger charge is 2.30. The van der Waals surface area contributed by atoms with E-state index in [1.807, 2.05) is 66.7 Å². The Morgan fingerprint density at radius 2 is 1.61 bits per heavy atom. The highest BCUT2D eigenvalue weighted by Crippen LogP contribution is 2.27. The maximum atomic E-state index is 13.6. The van der Waals surface area contributed by atoms with Gasteiger partial charge in [-0.3, -0.25) is 9.59 Å². The summed E-state index contributed by atoms with van der Waals surface area (Å²) in [6.07, 6.45) is 1.26. The molecule has 0 saturated heterocycles. The SMILES string of the molecule is COC(=O)[C@H](Cc1c[nH]c2c(Br)cccc12)NC(=O)[C@H](C)NC(=O)[C@H](Cc1ccc(OCc2ccccc2)c(I)c1)NC(=O)OC(C)(C)C. The third kappa shape index (κ3) is 10.9. The molecular weight excluding hydrogens is 807 g/mol. The fourth-order valence-corrected chi connectivity index (χ4v) is 6.21. The van der Waals surface area contributed by atoms with E-state index < -0.39 is 47.6 Å². The van der Waals surface area contributed by atoms with E-state index in [2.05, 4.69) is 59.5 Å². The van der Waals surface area contributed by atoms with E-state index in [1.54, 1.807) is 27.0 Å². The summed E-state index contributed by atoms with van der Waals surface area (Å²) >= 11 is 5.68. The number of methoxy groups -OCH3 is 1. The van der Waals surface area contributed by atoms with E-state index in [-0.39, 0.29) is 12.8 Å². The Morgan fingerprint density at radius 3 is 2.29 bits per heavy atom. The number of ether oxygens (including phenoxy) is 3. The Bertz CT molecular complexity index is 1790. The predicted octanol–water partition coefficient (Wildman–Crippen LogP) is 5.96. The number of amides is 3. The molecule has 1 aromatic heterocycles. The molecule has 0 aliphatic rings. The molecule has 4 rings (SSSR count). The number of esters is 1. The number of hydrogen-bond donors (Lipinski definition) is 4. The summed E-state index contributed by atoms with van der Waals surface area (Å²) in [5.74, 6) is -1.16. The Morgan fingerprint density at radius 1 is 0.878 bits per heavy atom. The second-order valence-corrected chi connectivity index (χ2v) is 14.5. The van der Waals surface area contributed by atoms with Crippen molar-refractivity contribution < 1.29 is 33.4 Å². The molecule has 0 bridgehead atoms. The van der Waals surface area contributed by atoms with Crippen LogP contribution in [0.25, 0.3) is 10.9 Å². The molecule has 49 heavy (non-hydrogen) atoms. The maximum absolute atomic E-state index is 13.6. The van der Waals surface area contributed by atoms with Crippen molar-refractivity contribution in [1.29, 1.82) is 0 Å². The number of para-hydroxylation sites is 1. The van der Waals surface area contributed by atoms with Gasteiger partial charge in [0.05, 0.1) is 16.2 Å². The van der Waals surface area contributed by atoms with E-state index in [0.29, 0.717) is 12.4 Å². The van der Waals surface area contributed by atoms with Gasteiger partial charge in [0.15, 0.2) is 0 Å². The van der Waals surface area contributed by atoms with E-state index in [0.717, 1.165) is 35.6 Å². The Balaban J connectivity index is 1.45. The van der Waals surface area contributed by atoms with Crippen LogP contribution in [-0.4, -0.2) is 59.7 Å². The molecule has 0 saturated carbocycles. The van der Waals surface area contributed by atoms with Gasteiger partial charge in [0.1, 0.15) is 36.1 Å². The molecule has 260 valence electrons. The van der Waals surface area contributed by atoms with Crippen molar-refractivity contribution in [2.75, 3.05) is 7.11 Å². The average Bonchev–Trinajstić information content (AvgIpc) is 3.46. The molecule has 0 spiro atoms. The lowest BCUT2D eigenvalue weighted by Gasteiger charge is -2.25. The largest absolute Gasteiger partial charge is 0.488 e. The first-order chi connectivity index (χ1) is 23.2. The average molecular weight is 848 g/mol. The van der Waals surface area contributed by atoms with Crippen LogP contribution in [0.3, 0.4) is 0 Å². The molecule has 0 fully saturated rings. The molecule has 0 unspecified atom stereocenters. The molecule has 1 heterocycles. The van der Waals surface area contributed by atoms with Crippen LogP contribution in [-0.2, 0) is 43.3 Å². The van der Waals surface area contributed by atoms with E-state index >= 15 is 0 Å². The van der Waals surface area contributed by atoms with Gasteiger partial charge < -0.3 is 35.1 Å². The number of aromatic amines is 1. The van der Waals surface area contributed by atoms with Gasteiger partial charge in [-0.1, -0.05) is 48.5 Å². The summed E-state index contributed by atoms with van der Waals surface area (Å²) in [5.41, 5.74) is 2.65. The van der Waals surface area contributed by atoms with Gasteiger partial charge in [-0.2, -0.15) is 0 Å². The summed E-state index contributed by atoms with van der Waals surface area (Å²) in [4.78, 5) is 55.6. The molecule has 3 amide bonds. The number of rotatable bonds is 13.